The van der Waals surface area contributed by atoms with Crippen LogP contribution >= 0.6 is 0 Å². The van der Waals surface area contributed by atoms with E-state index >= 15 is 4.39 Å². The van der Waals surface area contributed by atoms with Crippen molar-refractivity contribution in [3.63, 3.8) is 0 Å². The molecule has 0 spiro atoms. The number of aromatic nitrogens is 1. The maximum absolute atomic E-state index is 15.1. The number of pyridine rings is 1. The fourth-order valence-electron chi connectivity index (χ4n) is 7.86. The monoisotopic (exact) mass is 635 g/mol. The number of hydrogen-bond acceptors (Lipinski definition) is 8. The third kappa shape index (κ3) is 6.89. The predicted octanol–water partition coefficient (Wildman–Crippen LogP) is 2.31. The number of nitrogens with one attached hydrogen (secondary N) is 3. The number of piperidine rings is 1. The van der Waals surface area contributed by atoms with Crippen molar-refractivity contribution >= 4 is 17.7 Å². The number of hydrogen-bond donors (Lipinski definition) is 3. The van der Waals surface area contributed by atoms with Gasteiger partial charge < -0.3 is 19.9 Å². The van der Waals surface area contributed by atoms with Gasteiger partial charge in [-0.3, -0.25) is 29.7 Å². The van der Waals surface area contributed by atoms with Gasteiger partial charge in [0.05, 0.1) is 19.2 Å². The number of likely N-dealkylation sites (tertiary alicyclic amines) is 1. The van der Waals surface area contributed by atoms with Crippen LogP contribution in [0, 0.1) is 24.6 Å². The largest absolute Gasteiger partial charge is 0.496 e. The molecule has 6 rings (SSSR count). The predicted molar refractivity (Wildman–Crippen MR) is 170 cm³/mol. The standard InChI is InChI=1S/C34H46FN7O4/c1-21-17-23(11-12-36-21)32-26-18-24(7-9-29(26)38-39-32)33(44)37-25-8-10-30(34(45)41-15-13-40(14-16-41)22(2)43)42(19-25)20-27-28(35)5-4-6-31(27)46-3/h4-6,11-12,17,24-26,29-30,32,38-39H,7-10,13-16,18-20H2,1-3H3,(H,37,44)/t24?,25-,26?,29?,30+,32?/m1/s1. The number of benzene rings is 1. The summed E-state index contributed by atoms with van der Waals surface area (Å²) in [5.41, 5.74) is 9.47. The van der Waals surface area contributed by atoms with Crippen molar-refractivity contribution in [3.05, 3.63) is 59.2 Å². The number of halogens is 1. The average Bonchev–Trinajstić information content (AvgIpc) is 3.49. The third-order valence-electron chi connectivity index (χ3n) is 10.4. The summed E-state index contributed by atoms with van der Waals surface area (Å²) >= 11 is 0. The number of carbonyl (C=O) groups excluding carboxylic acids is 3. The maximum atomic E-state index is 15.1. The highest BCUT2D eigenvalue weighted by Gasteiger charge is 2.44. The van der Waals surface area contributed by atoms with Gasteiger partial charge in [-0.25, -0.2) is 9.82 Å². The van der Waals surface area contributed by atoms with Crippen LogP contribution in [-0.2, 0) is 20.9 Å². The highest BCUT2D eigenvalue weighted by Crippen LogP contribution is 2.40. The van der Waals surface area contributed by atoms with Gasteiger partial charge in [-0.05, 0) is 74.8 Å². The van der Waals surface area contributed by atoms with E-state index in [-0.39, 0.29) is 54.0 Å². The number of rotatable bonds is 7. The first kappa shape index (κ1) is 32.3. The van der Waals surface area contributed by atoms with Crippen LogP contribution in [0.25, 0.3) is 0 Å². The van der Waals surface area contributed by atoms with Crippen molar-refractivity contribution in [2.75, 3.05) is 39.8 Å². The van der Waals surface area contributed by atoms with Crippen LogP contribution in [0.15, 0.2) is 36.5 Å². The Hall–Kier alpha value is -3.61. The topological polar surface area (TPSA) is 119 Å². The Balaban J connectivity index is 1.14. The molecule has 1 aromatic heterocycles. The average molecular weight is 636 g/mol. The summed E-state index contributed by atoms with van der Waals surface area (Å²) in [6.07, 6.45) is 5.52. The molecule has 6 atom stereocenters. The fraction of sp³-hybridized carbons (Fsp3) is 0.588. The van der Waals surface area contributed by atoms with Gasteiger partial charge >= 0.3 is 0 Å². The molecule has 1 aliphatic carbocycles. The molecule has 4 aliphatic rings. The summed E-state index contributed by atoms with van der Waals surface area (Å²) < 4.78 is 20.6. The van der Waals surface area contributed by atoms with Crippen LogP contribution in [0.4, 0.5) is 4.39 Å². The SMILES string of the molecule is COc1cccc(F)c1CN1C[C@H](NC(=O)C2CCC3NNC(c4ccnc(C)c4)C3C2)CC[C@H]1C(=O)N1CCN(C(C)=O)CC1. The molecule has 4 heterocycles. The van der Waals surface area contributed by atoms with E-state index in [2.05, 4.69) is 27.2 Å². The van der Waals surface area contributed by atoms with E-state index in [9.17, 15) is 14.4 Å². The lowest BCUT2D eigenvalue weighted by Gasteiger charge is -2.43. The van der Waals surface area contributed by atoms with Crippen molar-refractivity contribution in [3.8, 4) is 5.75 Å². The normalized spacial score (nSPS) is 28.4. The molecule has 3 amide bonds. The molecule has 248 valence electrons. The maximum Gasteiger partial charge on any atom is 0.240 e. The minimum absolute atomic E-state index is 0.00792. The van der Waals surface area contributed by atoms with Gasteiger partial charge in [0.25, 0.3) is 0 Å². The van der Waals surface area contributed by atoms with Gasteiger partial charge in [0.1, 0.15) is 11.6 Å². The van der Waals surface area contributed by atoms with Crippen LogP contribution in [-0.4, -0.2) is 95.4 Å². The zero-order chi connectivity index (χ0) is 32.4. The smallest absolute Gasteiger partial charge is 0.240 e. The van der Waals surface area contributed by atoms with Crippen LogP contribution in [0.2, 0.25) is 0 Å². The molecule has 3 aliphatic heterocycles. The molecule has 12 heteroatoms. The number of carbonyl (C=O) groups is 3. The van der Waals surface area contributed by atoms with E-state index in [0.29, 0.717) is 62.9 Å². The fourth-order valence-corrected chi connectivity index (χ4v) is 7.86. The second-order valence-corrected chi connectivity index (χ2v) is 13.3. The first-order valence-electron chi connectivity index (χ1n) is 16.6. The highest BCUT2D eigenvalue weighted by atomic mass is 19.1. The first-order chi connectivity index (χ1) is 22.2. The Morgan fingerprint density at radius 3 is 2.57 bits per heavy atom. The lowest BCUT2D eigenvalue weighted by molar-refractivity contribution is -0.144. The zero-order valence-corrected chi connectivity index (χ0v) is 27.0. The Morgan fingerprint density at radius 1 is 1.04 bits per heavy atom. The van der Waals surface area contributed by atoms with Crippen molar-refractivity contribution in [1.29, 1.82) is 0 Å². The summed E-state index contributed by atoms with van der Waals surface area (Å²) in [7, 11) is 1.51. The van der Waals surface area contributed by atoms with E-state index in [1.54, 1.807) is 24.0 Å². The summed E-state index contributed by atoms with van der Waals surface area (Å²) in [6, 6.07) is 8.69. The molecule has 3 saturated heterocycles. The summed E-state index contributed by atoms with van der Waals surface area (Å²) in [6.45, 7) is 6.09. The summed E-state index contributed by atoms with van der Waals surface area (Å²) in [4.78, 5) is 49.4. The number of nitrogens with zero attached hydrogens (tertiary/aromatic N) is 4. The zero-order valence-electron chi connectivity index (χ0n) is 27.0. The van der Waals surface area contributed by atoms with E-state index in [1.807, 2.05) is 29.0 Å². The Bertz CT molecular complexity index is 1430. The van der Waals surface area contributed by atoms with Gasteiger partial charge in [-0.2, -0.15) is 0 Å². The van der Waals surface area contributed by atoms with Crippen LogP contribution in [0.3, 0.4) is 0 Å². The van der Waals surface area contributed by atoms with Gasteiger partial charge in [0.2, 0.25) is 17.7 Å². The lowest BCUT2D eigenvalue weighted by Crippen LogP contribution is -2.59. The molecule has 2 aromatic rings. The number of hydrazine groups is 1. The quantitative estimate of drug-likeness (QED) is 0.425. The molecule has 1 aromatic carbocycles. The minimum Gasteiger partial charge on any atom is -0.496 e. The van der Waals surface area contributed by atoms with Crippen LogP contribution in [0.1, 0.15) is 61.9 Å². The Kier molecular flexibility index (Phi) is 9.86. The van der Waals surface area contributed by atoms with Crippen molar-refractivity contribution < 1.29 is 23.5 Å². The molecule has 4 unspecified atom stereocenters. The molecule has 1 saturated carbocycles. The van der Waals surface area contributed by atoms with Crippen molar-refractivity contribution in [2.45, 2.75) is 76.7 Å². The highest BCUT2D eigenvalue weighted by molar-refractivity contribution is 5.83. The molecule has 4 fully saturated rings. The molecular weight excluding hydrogens is 589 g/mol. The van der Waals surface area contributed by atoms with Gasteiger partial charge in [-0.15, -0.1) is 0 Å². The number of piperazine rings is 1. The number of aryl methyl sites for hydroxylation is 1. The lowest BCUT2D eigenvalue weighted by atomic mass is 9.74. The molecule has 0 radical (unpaired) electrons. The number of methoxy groups -OCH3 is 1. The number of ether oxygens (including phenoxy) is 1. The molecule has 3 N–H and O–H groups in total. The summed E-state index contributed by atoms with van der Waals surface area (Å²) in [5.74, 6) is 0.268. The molecule has 11 nitrogen and oxygen atoms in total. The molecule has 46 heavy (non-hydrogen) atoms. The minimum atomic E-state index is -0.461. The molecule has 0 bridgehead atoms. The third-order valence-corrected chi connectivity index (χ3v) is 10.4. The second kappa shape index (κ2) is 14.0. The Labute approximate surface area is 270 Å². The number of fused-ring (bicyclic) bond motifs is 1. The van der Waals surface area contributed by atoms with Gasteiger partial charge in [0, 0.05) is 81.6 Å². The Morgan fingerprint density at radius 2 is 1.83 bits per heavy atom. The summed E-state index contributed by atoms with van der Waals surface area (Å²) in [5, 5.41) is 3.32. The van der Waals surface area contributed by atoms with E-state index < -0.39 is 6.04 Å². The van der Waals surface area contributed by atoms with Crippen LogP contribution in [0.5, 0.6) is 5.75 Å². The van der Waals surface area contributed by atoms with Crippen molar-refractivity contribution in [1.82, 2.24) is 35.9 Å². The van der Waals surface area contributed by atoms with Crippen LogP contribution < -0.4 is 20.9 Å². The van der Waals surface area contributed by atoms with Gasteiger partial charge in [0.15, 0.2) is 0 Å². The van der Waals surface area contributed by atoms with Gasteiger partial charge in [-0.1, -0.05) is 6.07 Å². The van der Waals surface area contributed by atoms with E-state index in [0.717, 1.165) is 25.0 Å². The van der Waals surface area contributed by atoms with E-state index in [1.165, 1.54) is 18.7 Å². The first-order valence-corrected chi connectivity index (χ1v) is 16.6. The van der Waals surface area contributed by atoms with E-state index in [4.69, 9.17) is 4.74 Å². The second-order valence-electron chi connectivity index (χ2n) is 13.3. The van der Waals surface area contributed by atoms with Crippen molar-refractivity contribution in [2.24, 2.45) is 11.8 Å². The number of amides is 3. The molecular formula is C34H46FN7O4.